The van der Waals surface area contributed by atoms with E-state index in [2.05, 4.69) is 31.3 Å². The highest BCUT2D eigenvalue weighted by Gasteiger charge is 2.18. The van der Waals surface area contributed by atoms with E-state index in [1.54, 1.807) is 6.08 Å². The highest BCUT2D eigenvalue weighted by Crippen LogP contribution is 2.17. The van der Waals surface area contributed by atoms with Crippen molar-refractivity contribution in [3.05, 3.63) is 24.3 Å². The predicted octanol–water partition coefficient (Wildman–Crippen LogP) is 17.9. The number of aliphatic hydroxyl groups excluding tert-OH is 2. The van der Waals surface area contributed by atoms with Crippen LogP contribution in [0.4, 0.5) is 0 Å². The summed E-state index contributed by atoms with van der Waals surface area (Å²) in [5, 5.41) is 23.2. The molecule has 0 heterocycles. The number of carbonyl (C=O) groups excluding carboxylic acids is 2. The van der Waals surface area contributed by atoms with E-state index < -0.39 is 12.1 Å². The molecule has 0 rings (SSSR count). The smallest absolute Gasteiger partial charge is 0.305 e. The van der Waals surface area contributed by atoms with Gasteiger partial charge in [-0.15, -0.1) is 0 Å². The Labute approximate surface area is 405 Å². The summed E-state index contributed by atoms with van der Waals surface area (Å²) in [6.07, 6.45) is 66.2. The fourth-order valence-corrected chi connectivity index (χ4v) is 8.98. The molecule has 0 spiro atoms. The number of amides is 1. The molecule has 0 radical (unpaired) electrons. The van der Waals surface area contributed by atoms with Crippen molar-refractivity contribution in [1.82, 2.24) is 5.32 Å². The maximum absolute atomic E-state index is 12.5. The van der Waals surface area contributed by atoms with E-state index in [-0.39, 0.29) is 18.5 Å². The van der Waals surface area contributed by atoms with Gasteiger partial charge in [-0.2, -0.15) is 0 Å². The Morgan fingerprint density at radius 3 is 1.09 bits per heavy atom. The molecule has 1 amide bonds. The van der Waals surface area contributed by atoms with Gasteiger partial charge in [0.1, 0.15) is 0 Å². The van der Waals surface area contributed by atoms with E-state index in [9.17, 15) is 19.8 Å². The minimum absolute atomic E-state index is 0.0109. The highest BCUT2D eigenvalue weighted by molar-refractivity contribution is 5.76. The summed E-state index contributed by atoms with van der Waals surface area (Å²) in [5.41, 5.74) is 0. The van der Waals surface area contributed by atoms with Crippen LogP contribution in [0.2, 0.25) is 0 Å². The zero-order valence-corrected chi connectivity index (χ0v) is 43.7. The van der Waals surface area contributed by atoms with Crippen LogP contribution in [-0.2, 0) is 14.3 Å². The number of unbranched alkanes of at least 4 members (excludes halogenated alkanes) is 41. The predicted molar refractivity (Wildman–Crippen MR) is 283 cm³/mol. The average Bonchev–Trinajstić information content (AvgIpc) is 3.31. The van der Waals surface area contributed by atoms with Gasteiger partial charge in [0, 0.05) is 12.8 Å². The Balaban J connectivity index is 3.47. The van der Waals surface area contributed by atoms with Crippen molar-refractivity contribution >= 4 is 11.9 Å². The molecule has 3 N–H and O–H groups in total. The van der Waals surface area contributed by atoms with Gasteiger partial charge in [-0.3, -0.25) is 9.59 Å². The molecule has 65 heavy (non-hydrogen) atoms. The summed E-state index contributed by atoms with van der Waals surface area (Å²) in [7, 11) is 0. The number of hydrogen-bond donors (Lipinski definition) is 3. The second-order valence-corrected chi connectivity index (χ2v) is 20.0. The SMILES string of the molecule is CCCCCCCC/C=C\CCCCCCCC(=O)OCCCCCCCCCCCCCCCCC(=O)NC(CO)C(O)/C=C/CCCCCCCCCCCCCCCCCCC. The highest BCUT2D eigenvalue weighted by atomic mass is 16.5. The summed E-state index contributed by atoms with van der Waals surface area (Å²) >= 11 is 0. The molecule has 0 aromatic heterocycles. The quantitative estimate of drug-likeness (QED) is 0.0321. The molecule has 0 aliphatic carbocycles. The Morgan fingerprint density at radius 2 is 0.723 bits per heavy atom. The lowest BCUT2D eigenvalue weighted by molar-refractivity contribution is -0.143. The fraction of sp³-hybridized carbons (Fsp3) is 0.898. The Bertz CT molecular complexity index is 1010. The minimum Gasteiger partial charge on any atom is -0.466 e. The van der Waals surface area contributed by atoms with Crippen LogP contribution in [0.1, 0.15) is 316 Å². The van der Waals surface area contributed by atoms with Gasteiger partial charge >= 0.3 is 5.97 Å². The fourth-order valence-electron chi connectivity index (χ4n) is 8.98. The van der Waals surface area contributed by atoms with Crippen LogP contribution in [0.15, 0.2) is 24.3 Å². The van der Waals surface area contributed by atoms with E-state index in [1.165, 1.54) is 231 Å². The molecule has 6 nitrogen and oxygen atoms in total. The van der Waals surface area contributed by atoms with Gasteiger partial charge in [-0.25, -0.2) is 0 Å². The third-order valence-electron chi connectivity index (χ3n) is 13.5. The van der Waals surface area contributed by atoms with Crippen molar-refractivity contribution in [2.24, 2.45) is 0 Å². The first-order valence-electron chi connectivity index (χ1n) is 29.1. The number of nitrogens with one attached hydrogen (secondary N) is 1. The van der Waals surface area contributed by atoms with Crippen LogP contribution < -0.4 is 5.32 Å². The lowest BCUT2D eigenvalue weighted by Crippen LogP contribution is -2.45. The Hall–Kier alpha value is -1.66. The maximum atomic E-state index is 12.5. The molecule has 0 fully saturated rings. The zero-order valence-electron chi connectivity index (χ0n) is 43.7. The number of esters is 1. The molecular formula is C59H113NO5. The minimum atomic E-state index is -0.852. The van der Waals surface area contributed by atoms with Crippen molar-refractivity contribution in [2.45, 2.75) is 328 Å². The first kappa shape index (κ1) is 63.3. The molecule has 0 aromatic rings. The molecule has 0 aliphatic heterocycles. The number of rotatable bonds is 54. The average molecular weight is 917 g/mol. The molecule has 0 bridgehead atoms. The number of aliphatic hydroxyl groups is 2. The topological polar surface area (TPSA) is 95.9 Å². The summed E-state index contributed by atoms with van der Waals surface area (Å²) < 4.78 is 5.47. The van der Waals surface area contributed by atoms with Crippen LogP contribution in [0, 0.1) is 0 Å². The van der Waals surface area contributed by atoms with Crippen LogP contribution in [0.3, 0.4) is 0 Å². The van der Waals surface area contributed by atoms with E-state index in [1.807, 2.05) is 6.08 Å². The first-order valence-corrected chi connectivity index (χ1v) is 29.1. The van der Waals surface area contributed by atoms with Gasteiger partial charge in [0.2, 0.25) is 5.91 Å². The molecule has 0 aliphatic rings. The third-order valence-corrected chi connectivity index (χ3v) is 13.5. The summed E-state index contributed by atoms with van der Waals surface area (Å²) in [6.45, 7) is 4.89. The molecule has 384 valence electrons. The van der Waals surface area contributed by atoms with Crippen molar-refractivity contribution < 1.29 is 24.5 Å². The third kappa shape index (κ3) is 51.6. The molecule has 0 aromatic carbocycles. The standard InChI is InChI=1S/C59H113NO5/c1-3-5-7-9-11-13-15-17-19-20-21-22-24-27-31-35-39-43-47-51-57(62)56(55-61)60-58(63)52-48-44-40-36-32-28-25-26-30-34-38-42-46-50-54-65-59(64)53-49-45-41-37-33-29-23-18-16-14-12-10-8-6-4-2/h18,23,47,51,56-57,61-62H,3-17,19-22,24-46,48-50,52-55H2,1-2H3,(H,60,63)/b23-18-,51-47+. The largest absolute Gasteiger partial charge is 0.466 e. The number of allylic oxidation sites excluding steroid dienone is 3. The molecule has 6 heteroatoms. The van der Waals surface area contributed by atoms with E-state index in [0.29, 0.717) is 19.4 Å². The van der Waals surface area contributed by atoms with Gasteiger partial charge in [0.25, 0.3) is 0 Å². The second-order valence-electron chi connectivity index (χ2n) is 20.0. The van der Waals surface area contributed by atoms with E-state index >= 15 is 0 Å². The van der Waals surface area contributed by atoms with Crippen molar-refractivity contribution in [1.29, 1.82) is 0 Å². The molecule has 0 saturated heterocycles. The monoisotopic (exact) mass is 916 g/mol. The van der Waals surface area contributed by atoms with Crippen LogP contribution >= 0.6 is 0 Å². The normalized spacial score (nSPS) is 12.7. The lowest BCUT2D eigenvalue weighted by atomic mass is 10.0. The number of carbonyl (C=O) groups is 2. The van der Waals surface area contributed by atoms with Gasteiger partial charge in [-0.05, 0) is 57.8 Å². The molecular weight excluding hydrogens is 803 g/mol. The van der Waals surface area contributed by atoms with Crippen molar-refractivity contribution in [3.63, 3.8) is 0 Å². The van der Waals surface area contributed by atoms with Crippen molar-refractivity contribution in [3.8, 4) is 0 Å². The lowest BCUT2D eigenvalue weighted by Gasteiger charge is -2.20. The number of hydrogen-bond acceptors (Lipinski definition) is 5. The second kappa shape index (κ2) is 54.9. The van der Waals surface area contributed by atoms with Gasteiger partial charge in [0.15, 0.2) is 0 Å². The van der Waals surface area contributed by atoms with Crippen LogP contribution in [0.5, 0.6) is 0 Å². The number of ether oxygens (including phenoxy) is 1. The van der Waals surface area contributed by atoms with Gasteiger partial charge < -0.3 is 20.3 Å². The van der Waals surface area contributed by atoms with Gasteiger partial charge in [-0.1, -0.05) is 269 Å². The maximum Gasteiger partial charge on any atom is 0.305 e. The Kier molecular flexibility index (Phi) is 53.5. The van der Waals surface area contributed by atoms with Crippen molar-refractivity contribution in [2.75, 3.05) is 13.2 Å². The molecule has 0 saturated carbocycles. The zero-order chi connectivity index (χ0) is 47.2. The van der Waals surface area contributed by atoms with E-state index in [0.717, 1.165) is 57.8 Å². The summed E-state index contributed by atoms with van der Waals surface area (Å²) in [6, 6.07) is -0.636. The van der Waals surface area contributed by atoms with Gasteiger partial charge in [0.05, 0.1) is 25.4 Å². The van der Waals surface area contributed by atoms with Crippen LogP contribution in [0.25, 0.3) is 0 Å². The van der Waals surface area contributed by atoms with Crippen LogP contribution in [-0.4, -0.2) is 47.4 Å². The summed E-state index contributed by atoms with van der Waals surface area (Å²) in [4.78, 5) is 24.5. The summed E-state index contributed by atoms with van der Waals surface area (Å²) in [5.74, 6) is -0.0874. The Morgan fingerprint density at radius 1 is 0.415 bits per heavy atom. The van der Waals surface area contributed by atoms with E-state index in [4.69, 9.17) is 4.74 Å². The first-order chi connectivity index (χ1) is 32.0. The molecule has 2 atom stereocenters. The molecule has 2 unspecified atom stereocenters.